The number of rotatable bonds is 9. The van der Waals surface area contributed by atoms with Crippen LogP contribution in [0.1, 0.15) is 49.7 Å². The lowest BCUT2D eigenvalue weighted by Crippen LogP contribution is -2.61. The van der Waals surface area contributed by atoms with Crippen LogP contribution in [0.5, 0.6) is 5.75 Å². The van der Waals surface area contributed by atoms with E-state index < -0.39 is 5.41 Å². The summed E-state index contributed by atoms with van der Waals surface area (Å²) in [5, 5.41) is 0. The first kappa shape index (κ1) is 19.9. The van der Waals surface area contributed by atoms with E-state index in [0.29, 0.717) is 5.78 Å². The first-order chi connectivity index (χ1) is 13.6. The second-order valence-electron chi connectivity index (χ2n) is 8.67. The van der Waals surface area contributed by atoms with Crippen molar-refractivity contribution in [1.82, 2.24) is 4.90 Å². The number of hydrogen-bond donors (Lipinski definition) is 0. The molecule has 5 heteroatoms. The van der Waals surface area contributed by atoms with Gasteiger partial charge >= 0.3 is 0 Å². The van der Waals surface area contributed by atoms with Gasteiger partial charge in [0.15, 0.2) is 12.1 Å². The number of benzene rings is 1. The summed E-state index contributed by atoms with van der Waals surface area (Å²) in [6.07, 6.45) is 6.75. The van der Waals surface area contributed by atoms with Crippen molar-refractivity contribution in [1.29, 1.82) is 0 Å². The van der Waals surface area contributed by atoms with Crippen LogP contribution in [0.25, 0.3) is 0 Å². The minimum atomic E-state index is -0.390. The van der Waals surface area contributed by atoms with Crippen LogP contribution in [0.2, 0.25) is 0 Å². The van der Waals surface area contributed by atoms with Crippen molar-refractivity contribution in [3.05, 3.63) is 29.3 Å². The third-order valence-corrected chi connectivity index (χ3v) is 7.05. The lowest BCUT2D eigenvalue weighted by Gasteiger charge is -2.50. The van der Waals surface area contributed by atoms with Crippen LogP contribution in [-0.2, 0) is 26.1 Å². The van der Waals surface area contributed by atoms with E-state index in [-0.39, 0.29) is 12.3 Å². The number of likely N-dealkylation sites (tertiary alicyclic amines) is 1. The van der Waals surface area contributed by atoms with Crippen LogP contribution in [0.15, 0.2) is 18.2 Å². The third-order valence-electron chi connectivity index (χ3n) is 7.05. The van der Waals surface area contributed by atoms with Gasteiger partial charge in [0.05, 0.1) is 18.6 Å². The lowest BCUT2D eigenvalue weighted by molar-refractivity contribution is -0.137. The van der Waals surface area contributed by atoms with Gasteiger partial charge in [0.1, 0.15) is 5.75 Å². The Balaban J connectivity index is 1.62. The smallest absolute Gasteiger partial charge is 0.160 e. The Morgan fingerprint density at radius 2 is 2.00 bits per heavy atom. The minimum absolute atomic E-state index is 0.0379. The van der Waals surface area contributed by atoms with Gasteiger partial charge in [0.2, 0.25) is 0 Å². The number of ether oxygens (including phenoxy) is 3. The van der Waals surface area contributed by atoms with E-state index >= 15 is 0 Å². The second-order valence-corrected chi connectivity index (χ2v) is 8.67. The van der Waals surface area contributed by atoms with E-state index in [1.54, 1.807) is 21.3 Å². The molecule has 1 saturated heterocycles. The van der Waals surface area contributed by atoms with Crippen LogP contribution in [0.3, 0.4) is 0 Å². The molecule has 1 aliphatic heterocycles. The average Bonchev–Trinajstić information content (AvgIpc) is 3.53. The molecule has 2 atom stereocenters. The molecular weight excluding hydrogens is 354 g/mol. The molecule has 0 unspecified atom stereocenters. The Hall–Kier alpha value is -1.43. The number of Topliss-reactive ketones (excluding diaryl/α,β-unsaturated/α-hetero) is 1. The largest absolute Gasteiger partial charge is 0.497 e. The standard InChI is InChI=1S/C23H33NO4/c1-26-18-9-8-17-13-20-22(25)23(19(17)14-18,10-4-5-21(27-2)28-3)11-12-24(20)15-16-6-7-16/h8-9,14,16,20-21H,4-7,10-13,15H2,1-3H3/t20-,23+/m1/s1. The summed E-state index contributed by atoms with van der Waals surface area (Å²) in [7, 11) is 5.04. The Morgan fingerprint density at radius 3 is 2.68 bits per heavy atom. The monoisotopic (exact) mass is 387 g/mol. The molecule has 1 saturated carbocycles. The van der Waals surface area contributed by atoms with Gasteiger partial charge in [-0.3, -0.25) is 9.69 Å². The lowest BCUT2D eigenvalue weighted by atomic mass is 9.60. The second kappa shape index (κ2) is 8.13. The van der Waals surface area contributed by atoms with Gasteiger partial charge in [0, 0.05) is 27.3 Å². The van der Waals surface area contributed by atoms with Gasteiger partial charge in [-0.2, -0.15) is 0 Å². The topological polar surface area (TPSA) is 48.0 Å². The maximum Gasteiger partial charge on any atom is 0.160 e. The van der Waals surface area contributed by atoms with Gasteiger partial charge in [-0.05, 0) is 74.1 Å². The SMILES string of the molecule is COc1ccc2c(c1)[C@]1(CCCC(OC)OC)CCN(CC3CC3)[C@H](C2)C1=O. The quantitative estimate of drug-likeness (QED) is 0.608. The number of hydrogen-bond acceptors (Lipinski definition) is 5. The van der Waals surface area contributed by atoms with Crippen molar-refractivity contribution < 1.29 is 19.0 Å². The van der Waals surface area contributed by atoms with Gasteiger partial charge in [-0.15, -0.1) is 0 Å². The zero-order valence-electron chi connectivity index (χ0n) is 17.4. The van der Waals surface area contributed by atoms with Crippen LogP contribution < -0.4 is 4.74 Å². The van der Waals surface area contributed by atoms with Crippen molar-refractivity contribution in [2.24, 2.45) is 5.92 Å². The normalized spacial score (nSPS) is 27.1. The number of fused-ring (bicyclic) bond motifs is 4. The molecule has 0 N–H and O–H groups in total. The highest BCUT2D eigenvalue weighted by atomic mass is 16.7. The number of carbonyl (C=O) groups is 1. The van der Waals surface area contributed by atoms with Gasteiger partial charge in [-0.25, -0.2) is 0 Å². The molecule has 0 spiro atoms. The minimum Gasteiger partial charge on any atom is -0.497 e. The van der Waals surface area contributed by atoms with Crippen molar-refractivity contribution in [2.45, 2.75) is 62.7 Å². The predicted octanol–water partition coefficient (Wildman–Crippen LogP) is 3.33. The van der Waals surface area contributed by atoms with E-state index in [1.165, 1.54) is 24.0 Å². The summed E-state index contributed by atoms with van der Waals surface area (Å²) in [6.45, 7) is 2.11. The average molecular weight is 388 g/mol. The third kappa shape index (κ3) is 3.60. The van der Waals surface area contributed by atoms with Crippen molar-refractivity contribution >= 4 is 5.78 Å². The summed E-state index contributed by atoms with van der Waals surface area (Å²) >= 11 is 0. The van der Waals surface area contributed by atoms with Crippen LogP contribution in [-0.4, -0.2) is 57.4 Å². The molecule has 0 radical (unpaired) electrons. The molecule has 1 aromatic carbocycles. The number of nitrogens with zero attached hydrogens (tertiary/aromatic N) is 1. The zero-order chi connectivity index (χ0) is 19.7. The van der Waals surface area contributed by atoms with Gasteiger partial charge in [0.25, 0.3) is 0 Å². The van der Waals surface area contributed by atoms with E-state index in [4.69, 9.17) is 14.2 Å². The summed E-state index contributed by atoms with van der Waals surface area (Å²) in [5.74, 6) is 2.07. The molecule has 2 fully saturated rings. The first-order valence-electron chi connectivity index (χ1n) is 10.6. The van der Waals surface area contributed by atoms with E-state index in [0.717, 1.165) is 56.9 Å². The molecule has 0 aromatic heterocycles. The van der Waals surface area contributed by atoms with Gasteiger partial charge in [-0.1, -0.05) is 6.07 Å². The molecule has 5 nitrogen and oxygen atoms in total. The summed E-state index contributed by atoms with van der Waals surface area (Å²) < 4.78 is 16.2. The van der Waals surface area contributed by atoms with Crippen molar-refractivity contribution in [3.63, 3.8) is 0 Å². The molecular formula is C23H33NO4. The predicted molar refractivity (Wildman–Crippen MR) is 108 cm³/mol. The highest BCUT2D eigenvalue weighted by molar-refractivity contribution is 5.97. The summed E-state index contributed by atoms with van der Waals surface area (Å²) in [6, 6.07) is 6.37. The zero-order valence-corrected chi connectivity index (χ0v) is 17.4. The first-order valence-corrected chi connectivity index (χ1v) is 10.6. The van der Waals surface area contributed by atoms with Crippen molar-refractivity contribution in [3.8, 4) is 5.75 Å². The molecule has 2 bridgehead atoms. The Labute approximate surface area is 168 Å². The number of methoxy groups -OCH3 is 3. The van der Waals surface area contributed by atoms with Crippen LogP contribution in [0, 0.1) is 5.92 Å². The van der Waals surface area contributed by atoms with Crippen LogP contribution in [0.4, 0.5) is 0 Å². The molecule has 28 heavy (non-hydrogen) atoms. The number of carbonyl (C=O) groups excluding carboxylic acids is 1. The Bertz CT molecular complexity index is 713. The molecule has 0 amide bonds. The molecule has 1 aromatic rings. The summed E-state index contributed by atoms with van der Waals surface area (Å²) in [5.41, 5.74) is 2.13. The number of piperidine rings is 1. The summed E-state index contributed by atoms with van der Waals surface area (Å²) in [4.78, 5) is 16.2. The maximum atomic E-state index is 13.8. The highest BCUT2D eigenvalue weighted by Gasteiger charge is 2.53. The molecule has 2 aliphatic carbocycles. The molecule has 4 rings (SSSR count). The maximum absolute atomic E-state index is 13.8. The Kier molecular flexibility index (Phi) is 5.77. The highest BCUT2D eigenvalue weighted by Crippen LogP contribution is 2.47. The fraction of sp³-hybridized carbons (Fsp3) is 0.696. The fourth-order valence-corrected chi connectivity index (χ4v) is 5.24. The fourth-order valence-electron chi connectivity index (χ4n) is 5.24. The van der Waals surface area contributed by atoms with E-state index in [1.807, 2.05) is 6.07 Å². The number of ketones is 1. The van der Waals surface area contributed by atoms with E-state index in [9.17, 15) is 4.79 Å². The van der Waals surface area contributed by atoms with Gasteiger partial charge < -0.3 is 14.2 Å². The molecule has 3 aliphatic rings. The molecule has 1 heterocycles. The Morgan fingerprint density at radius 1 is 1.21 bits per heavy atom. The van der Waals surface area contributed by atoms with Crippen LogP contribution >= 0.6 is 0 Å². The van der Waals surface area contributed by atoms with Crippen molar-refractivity contribution in [2.75, 3.05) is 34.4 Å². The van der Waals surface area contributed by atoms with E-state index in [2.05, 4.69) is 17.0 Å². The molecule has 154 valence electrons.